The predicted octanol–water partition coefficient (Wildman–Crippen LogP) is 5.59. The first-order valence-corrected chi connectivity index (χ1v) is 9.53. The monoisotopic (exact) mass is 428 g/mol. The summed E-state index contributed by atoms with van der Waals surface area (Å²) >= 11 is 0. The van der Waals surface area contributed by atoms with Gasteiger partial charge in [-0.2, -0.15) is 0 Å². The van der Waals surface area contributed by atoms with Crippen LogP contribution in [-0.2, 0) is 0 Å². The Bertz CT molecular complexity index is 574. The van der Waals surface area contributed by atoms with E-state index in [0.717, 1.165) is 61.5 Å². The van der Waals surface area contributed by atoms with Gasteiger partial charge in [-0.1, -0.05) is 24.3 Å². The summed E-state index contributed by atoms with van der Waals surface area (Å²) < 4.78 is 11.5. The van der Waals surface area contributed by atoms with Crippen molar-refractivity contribution in [3.8, 4) is 11.5 Å². The molecule has 4 nitrogen and oxygen atoms in total. The second-order valence-electron chi connectivity index (χ2n) is 6.83. The number of benzene rings is 2. The fourth-order valence-electron chi connectivity index (χ4n) is 2.67. The summed E-state index contributed by atoms with van der Waals surface area (Å²) in [4.78, 5) is 0. The number of hydrogen-bond donors (Lipinski definition) is 2. The molecule has 0 saturated heterocycles. The van der Waals surface area contributed by atoms with Crippen LogP contribution in [0, 0.1) is 0 Å². The number of nitrogens with two attached hydrogens (primary N) is 2. The Morgan fingerprint density at radius 2 is 0.929 bits per heavy atom. The summed E-state index contributed by atoms with van der Waals surface area (Å²) in [5.74, 6) is 1.82. The van der Waals surface area contributed by atoms with Gasteiger partial charge in [-0.05, 0) is 74.9 Å². The molecule has 0 saturated carbocycles. The fraction of sp³-hybridized carbons (Fsp3) is 0.455. The van der Waals surface area contributed by atoms with Gasteiger partial charge in [0, 0.05) is 12.1 Å². The topological polar surface area (TPSA) is 70.5 Å². The van der Waals surface area contributed by atoms with E-state index < -0.39 is 0 Å². The van der Waals surface area contributed by atoms with Gasteiger partial charge in [0.2, 0.25) is 0 Å². The molecule has 0 heterocycles. The lowest BCUT2D eigenvalue weighted by Crippen LogP contribution is -2.05. The summed E-state index contributed by atoms with van der Waals surface area (Å²) in [6.45, 7) is 5.46. The molecule has 2 aromatic carbocycles. The summed E-state index contributed by atoms with van der Waals surface area (Å²) in [7, 11) is 0. The van der Waals surface area contributed by atoms with Gasteiger partial charge in [0.15, 0.2) is 0 Å². The van der Waals surface area contributed by atoms with E-state index in [1.54, 1.807) is 0 Å². The zero-order chi connectivity index (χ0) is 18.8. The van der Waals surface area contributed by atoms with E-state index in [2.05, 4.69) is 0 Å². The van der Waals surface area contributed by atoms with Crippen molar-refractivity contribution in [2.45, 2.75) is 51.6 Å². The molecule has 0 aromatic heterocycles. The number of halogens is 2. The number of rotatable bonds is 11. The summed E-state index contributed by atoms with van der Waals surface area (Å²) in [6.07, 6.45) is 4.39. The van der Waals surface area contributed by atoms with E-state index in [-0.39, 0.29) is 36.9 Å². The quantitative estimate of drug-likeness (QED) is 0.457. The van der Waals surface area contributed by atoms with Crippen molar-refractivity contribution in [2.24, 2.45) is 11.5 Å². The molecule has 0 aliphatic carbocycles. The molecule has 0 aliphatic rings. The van der Waals surface area contributed by atoms with Gasteiger partial charge in [0.25, 0.3) is 0 Å². The van der Waals surface area contributed by atoms with Crippen LogP contribution in [0.25, 0.3) is 0 Å². The third kappa shape index (κ3) is 9.65. The van der Waals surface area contributed by atoms with Crippen LogP contribution in [0.5, 0.6) is 11.5 Å². The van der Waals surface area contributed by atoms with Crippen molar-refractivity contribution < 1.29 is 9.47 Å². The average molecular weight is 429 g/mol. The van der Waals surface area contributed by atoms with Gasteiger partial charge in [-0.15, -0.1) is 24.8 Å². The van der Waals surface area contributed by atoms with Crippen molar-refractivity contribution >= 4 is 24.8 Å². The maximum atomic E-state index is 5.84. The SMILES string of the molecule is CC(N)c1ccc(OCCCCCCOc2ccc(C(C)N)cc2)cc1.Cl.Cl. The lowest BCUT2D eigenvalue weighted by Gasteiger charge is -2.10. The Kier molecular flexibility index (Phi) is 13.8. The molecule has 0 fully saturated rings. The molecule has 2 atom stereocenters. The van der Waals surface area contributed by atoms with Gasteiger partial charge in [-0.25, -0.2) is 0 Å². The van der Waals surface area contributed by atoms with Crippen LogP contribution in [0.4, 0.5) is 0 Å². The normalized spacial score (nSPS) is 12.3. The molecule has 2 unspecified atom stereocenters. The molecule has 6 heteroatoms. The van der Waals surface area contributed by atoms with Crippen LogP contribution in [0.3, 0.4) is 0 Å². The van der Waals surface area contributed by atoms with Crippen LogP contribution in [0.1, 0.15) is 62.7 Å². The van der Waals surface area contributed by atoms with Crippen molar-refractivity contribution in [1.82, 2.24) is 0 Å². The van der Waals surface area contributed by atoms with Crippen molar-refractivity contribution in [2.75, 3.05) is 13.2 Å². The largest absolute Gasteiger partial charge is 0.494 e. The molecule has 28 heavy (non-hydrogen) atoms. The Hall–Kier alpha value is -1.46. The van der Waals surface area contributed by atoms with E-state index in [1.807, 2.05) is 62.4 Å². The Balaban J connectivity index is 0.00000364. The van der Waals surface area contributed by atoms with Crippen LogP contribution in [-0.4, -0.2) is 13.2 Å². The first-order valence-electron chi connectivity index (χ1n) is 9.53. The summed E-state index contributed by atoms with van der Waals surface area (Å²) in [5.41, 5.74) is 13.9. The van der Waals surface area contributed by atoms with Crippen LogP contribution < -0.4 is 20.9 Å². The van der Waals surface area contributed by atoms with E-state index in [0.29, 0.717) is 0 Å². The first-order chi connectivity index (χ1) is 12.6. The lowest BCUT2D eigenvalue weighted by molar-refractivity contribution is 0.287. The Morgan fingerprint density at radius 3 is 1.21 bits per heavy atom. The molecular formula is C22H34Cl2N2O2. The highest BCUT2D eigenvalue weighted by Gasteiger charge is 2.01. The molecule has 0 bridgehead atoms. The van der Waals surface area contributed by atoms with Crippen molar-refractivity contribution in [3.63, 3.8) is 0 Å². The van der Waals surface area contributed by atoms with Crippen LogP contribution >= 0.6 is 24.8 Å². The molecule has 0 aliphatic heterocycles. The van der Waals surface area contributed by atoms with E-state index in [1.165, 1.54) is 0 Å². The zero-order valence-corrected chi connectivity index (χ0v) is 18.4. The number of hydrogen-bond acceptors (Lipinski definition) is 4. The van der Waals surface area contributed by atoms with Crippen LogP contribution in [0.2, 0.25) is 0 Å². The number of unbranched alkanes of at least 4 members (excludes halogenated alkanes) is 3. The minimum atomic E-state index is 0. The van der Waals surface area contributed by atoms with Crippen molar-refractivity contribution in [3.05, 3.63) is 59.7 Å². The third-order valence-corrected chi connectivity index (χ3v) is 4.39. The second kappa shape index (κ2) is 14.5. The molecule has 0 amide bonds. The summed E-state index contributed by atoms with van der Waals surface area (Å²) in [6, 6.07) is 16.2. The highest BCUT2D eigenvalue weighted by Crippen LogP contribution is 2.17. The maximum Gasteiger partial charge on any atom is 0.119 e. The maximum absolute atomic E-state index is 5.84. The zero-order valence-electron chi connectivity index (χ0n) is 16.8. The van der Waals surface area contributed by atoms with Gasteiger partial charge < -0.3 is 20.9 Å². The number of ether oxygens (including phenoxy) is 2. The lowest BCUT2D eigenvalue weighted by atomic mass is 10.1. The minimum Gasteiger partial charge on any atom is -0.494 e. The van der Waals surface area contributed by atoms with E-state index in [4.69, 9.17) is 20.9 Å². The van der Waals surface area contributed by atoms with Gasteiger partial charge in [-0.3, -0.25) is 0 Å². The average Bonchev–Trinajstić information content (AvgIpc) is 2.64. The predicted molar refractivity (Wildman–Crippen MR) is 122 cm³/mol. The molecule has 0 spiro atoms. The van der Waals surface area contributed by atoms with E-state index >= 15 is 0 Å². The molecule has 2 rings (SSSR count). The summed E-state index contributed by atoms with van der Waals surface area (Å²) in [5, 5.41) is 0. The van der Waals surface area contributed by atoms with E-state index in [9.17, 15) is 0 Å². The standard InChI is InChI=1S/C22H32N2O2.2ClH/c1-17(23)19-7-11-21(12-8-19)25-15-5-3-4-6-16-26-22-13-9-20(10-14-22)18(2)24;;/h7-14,17-18H,3-6,15-16,23-24H2,1-2H3;2*1H. The van der Waals surface area contributed by atoms with Gasteiger partial charge in [0.05, 0.1) is 13.2 Å². The Morgan fingerprint density at radius 1 is 0.607 bits per heavy atom. The first kappa shape index (κ1) is 26.5. The molecule has 2 aromatic rings. The second-order valence-corrected chi connectivity index (χ2v) is 6.83. The van der Waals surface area contributed by atoms with Crippen LogP contribution in [0.15, 0.2) is 48.5 Å². The smallest absolute Gasteiger partial charge is 0.119 e. The molecule has 4 N–H and O–H groups in total. The van der Waals surface area contributed by atoms with Gasteiger partial charge in [0.1, 0.15) is 11.5 Å². The Labute approximate surface area is 181 Å². The minimum absolute atomic E-state index is 0. The highest BCUT2D eigenvalue weighted by molar-refractivity contribution is 5.85. The third-order valence-electron chi connectivity index (χ3n) is 4.39. The van der Waals surface area contributed by atoms with Gasteiger partial charge >= 0.3 is 0 Å². The fourth-order valence-corrected chi connectivity index (χ4v) is 2.67. The van der Waals surface area contributed by atoms with Crippen molar-refractivity contribution in [1.29, 1.82) is 0 Å². The molecule has 158 valence electrons. The highest BCUT2D eigenvalue weighted by atomic mass is 35.5. The molecule has 0 radical (unpaired) electrons. The molecular weight excluding hydrogens is 395 g/mol.